The SMILES string of the molecule is CSc1ccc(C(=O)O[C@@H](C)C(=O)Nc2sccc2C#N)cc1. The topological polar surface area (TPSA) is 79.2 Å². The van der Waals surface area contributed by atoms with Crippen molar-refractivity contribution in [2.24, 2.45) is 0 Å². The maximum Gasteiger partial charge on any atom is 0.338 e. The first kappa shape index (κ1) is 17.1. The average Bonchev–Trinajstić information content (AvgIpc) is 3.01. The Labute approximate surface area is 142 Å². The molecule has 2 aromatic rings. The van der Waals surface area contributed by atoms with Crippen LogP contribution in [-0.2, 0) is 9.53 Å². The molecule has 0 aliphatic heterocycles. The molecule has 118 valence electrons. The molecular formula is C16H14N2O3S2. The molecule has 0 radical (unpaired) electrons. The molecule has 1 N–H and O–H groups in total. The number of benzene rings is 1. The number of amides is 1. The van der Waals surface area contributed by atoms with Crippen molar-refractivity contribution in [1.82, 2.24) is 0 Å². The van der Waals surface area contributed by atoms with Crippen LogP contribution < -0.4 is 5.32 Å². The van der Waals surface area contributed by atoms with E-state index >= 15 is 0 Å². The third kappa shape index (κ3) is 4.34. The molecule has 0 bridgehead atoms. The molecule has 1 atom stereocenters. The lowest BCUT2D eigenvalue weighted by atomic mass is 10.2. The molecule has 0 fully saturated rings. The predicted molar refractivity (Wildman–Crippen MR) is 90.8 cm³/mol. The Hall–Kier alpha value is -2.30. The molecule has 1 aromatic carbocycles. The van der Waals surface area contributed by atoms with Crippen LogP contribution in [-0.4, -0.2) is 24.2 Å². The Morgan fingerprint density at radius 3 is 2.61 bits per heavy atom. The lowest BCUT2D eigenvalue weighted by Crippen LogP contribution is -2.29. The molecule has 1 amide bonds. The number of nitriles is 1. The zero-order chi connectivity index (χ0) is 16.8. The summed E-state index contributed by atoms with van der Waals surface area (Å²) in [4.78, 5) is 25.1. The first-order chi connectivity index (χ1) is 11.0. The zero-order valence-electron chi connectivity index (χ0n) is 12.5. The first-order valence-corrected chi connectivity index (χ1v) is 8.79. The predicted octanol–water partition coefficient (Wildman–Crippen LogP) is 3.53. The maximum absolute atomic E-state index is 12.1. The molecular weight excluding hydrogens is 332 g/mol. The Bertz CT molecular complexity index is 747. The van der Waals surface area contributed by atoms with Crippen molar-refractivity contribution >= 4 is 40.0 Å². The van der Waals surface area contributed by atoms with Gasteiger partial charge in [-0.15, -0.1) is 23.1 Å². The highest BCUT2D eigenvalue weighted by molar-refractivity contribution is 7.98. The number of ether oxygens (including phenoxy) is 1. The molecule has 0 unspecified atom stereocenters. The van der Waals surface area contributed by atoms with Crippen LogP contribution in [0.1, 0.15) is 22.8 Å². The summed E-state index contributed by atoms with van der Waals surface area (Å²) < 4.78 is 5.16. The van der Waals surface area contributed by atoms with Crippen molar-refractivity contribution in [3.8, 4) is 6.07 Å². The van der Waals surface area contributed by atoms with Gasteiger partial charge in [-0.25, -0.2) is 4.79 Å². The number of carbonyl (C=O) groups excluding carboxylic acids is 2. The van der Waals surface area contributed by atoms with Gasteiger partial charge >= 0.3 is 5.97 Å². The van der Waals surface area contributed by atoms with Crippen molar-refractivity contribution in [3.05, 3.63) is 46.8 Å². The van der Waals surface area contributed by atoms with E-state index in [1.54, 1.807) is 35.3 Å². The summed E-state index contributed by atoms with van der Waals surface area (Å²) in [5, 5.41) is 13.7. The summed E-state index contributed by atoms with van der Waals surface area (Å²) in [5.74, 6) is -1.04. The second-order valence-electron chi connectivity index (χ2n) is 4.54. The van der Waals surface area contributed by atoms with Gasteiger partial charge < -0.3 is 10.1 Å². The molecule has 1 heterocycles. The van der Waals surface area contributed by atoms with Crippen molar-refractivity contribution in [2.75, 3.05) is 11.6 Å². The number of thiophene rings is 1. The smallest absolute Gasteiger partial charge is 0.338 e. The van der Waals surface area contributed by atoms with E-state index in [2.05, 4.69) is 5.32 Å². The minimum atomic E-state index is -0.962. The standard InChI is InChI=1S/C16H14N2O3S2/c1-10(14(19)18-15-12(9-17)7-8-23-15)21-16(20)11-3-5-13(22-2)6-4-11/h3-8,10H,1-2H3,(H,18,19)/t10-/m0/s1. The number of anilines is 1. The van der Waals surface area contributed by atoms with Gasteiger partial charge in [0, 0.05) is 4.90 Å². The van der Waals surface area contributed by atoms with Crippen LogP contribution in [0.15, 0.2) is 40.6 Å². The zero-order valence-corrected chi connectivity index (χ0v) is 14.2. The second-order valence-corrected chi connectivity index (χ2v) is 6.34. The van der Waals surface area contributed by atoms with E-state index in [9.17, 15) is 9.59 Å². The van der Waals surface area contributed by atoms with Crippen LogP contribution >= 0.6 is 23.1 Å². The fourth-order valence-corrected chi connectivity index (χ4v) is 2.87. The fraction of sp³-hybridized carbons (Fsp3) is 0.188. The largest absolute Gasteiger partial charge is 0.449 e. The van der Waals surface area contributed by atoms with Gasteiger partial charge in [-0.3, -0.25) is 4.79 Å². The summed E-state index contributed by atoms with van der Waals surface area (Å²) in [5.41, 5.74) is 0.769. The number of rotatable bonds is 5. The van der Waals surface area contributed by atoms with E-state index in [0.29, 0.717) is 16.1 Å². The summed E-state index contributed by atoms with van der Waals surface area (Å²) in [7, 11) is 0. The monoisotopic (exact) mass is 346 g/mol. The van der Waals surface area contributed by atoms with Gasteiger partial charge in [0.15, 0.2) is 6.10 Å². The van der Waals surface area contributed by atoms with Gasteiger partial charge in [-0.2, -0.15) is 5.26 Å². The van der Waals surface area contributed by atoms with Gasteiger partial charge in [0.2, 0.25) is 0 Å². The highest BCUT2D eigenvalue weighted by Gasteiger charge is 2.20. The third-order valence-corrected chi connectivity index (χ3v) is 4.57. The highest BCUT2D eigenvalue weighted by atomic mass is 32.2. The normalized spacial score (nSPS) is 11.3. The van der Waals surface area contributed by atoms with Crippen LogP contribution in [0, 0.1) is 11.3 Å². The van der Waals surface area contributed by atoms with Gasteiger partial charge in [0.25, 0.3) is 5.91 Å². The molecule has 0 saturated heterocycles. The van der Waals surface area contributed by atoms with Crippen LogP contribution in [0.4, 0.5) is 5.00 Å². The lowest BCUT2D eigenvalue weighted by Gasteiger charge is -2.13. The van der Waals surface area contributed by atoms with Crippen molar-refractivity contribution < 1.29 is 14.3 Å². The van der Waals surface area contributed by atoms with E-state index < -0.39 is 18.0 Å². The molecule has 0 spiro atoms. The summed E-state index contributed by atoms with van der Waals surface area (Å²) in [6, 6.07) is 10.5. The van der Waals surface area contributed by atoms with Crippen LogP contribution in [0.2, 0.25) is 0 Å². The fourth-order valence-electron chi connectivity index (χ4n) is 1.72. The lowest BCUT2D eigenvalue weighted by molar-refractivity contribution is -0.123. The van der Waals surface area contributed by atoms with E-state index in [0.717, 1.165) is 4.90 Å². The van der Waals surface area contributed by atoms with Gasteiger partial charge in [0.05, 0.1) is 11.1 Å². The molecule has 5 nitrogen and oxygen atoms in total. The molecule has 0 aliphatic rings. The molecule has 1 aromatic heterocycles. The number of esters is 1. The van der Waals surface area contributed by atoms with Crippen LogP contribution in [0.25, 0.3) is 0 Å². The summed E-state index contributed by atoms with van der Waals surface area (Å²) in [6.45, 7) is 1.49. The highest BCUT2D eigenvalue weighted by Crippen LogP contribution is 2.22. The maximum atomic E-state index is 12.1. The number of hydrogen-bond acceptors (Lipinski definition) is 6. The minimum absolute atomic E-state index is 0.384. The van der Waals surface area contributed by atoms with Crippen LogP contribution in [0.5, 0.6) is 0 Å². The third-order valence-electron chi connectivity index (χ3n) is 3.00. The summed E-state index contributed by atoms with van der Waals surface area (Å²) >= 11 is 2.81. The Balaban J connectivity index is 1.97. The second kappa shape index (κ2) is 7.81. The van der Waals surface area contributed by atoms with E-state index in [1.807, 2.05) is 24.5 Å². The van der Waals surface area contributed by atoms with Crippen molar-refractivity contribution in [3.63, 3.8) is 0 Å². The number of carbonyl (C=O) groups is 2. The quantitative estimate of drug-likeness (QED) is 0.662. The molecule has 0 saturated carbocycles. The van der Waals surface area contributed by atoms with E-state index in [4.69, 9.17) is 10.00 Å². The van der Waals surface area contributed by atoms with E-state index in [-0.39, 0.29) is 0 Å². The van der Waals surface area contributed by atoms with Gasteiger partial charge in [-0.05, 0) is 48.9 Å². The number of hydrogen-bond donors (Lipinski definition) is 1. The number of nitrogens with zero attached hydrogens (tertiary/aromatic N) is 1. The Morgan fingerprint density at radius 1 is 1.30 bits per heavy atom. The molecule has 7 heteroatoms. The average molecular weight is 346 g/mol. The summed E-state index contributed by atoms with van der Waals surface area (Å²) in [6.07, 6.45) is 0.983. The van der Waals surface area contributed by atoms with Crippen molar-refractivity contribution in [2.45, 2.75) is 17.9 Å². The van der Waals surface area contributed by atoms with Gasteiger partial charge in [0.1, 0.15) is 11.1 Å². The Kier molecular flexibility index (Phi) is 5.79. The number of thioether (sulfide) groups is 1. The number of nitrogens with one attached hydrogen (secondary N) is 1. The Morgan fingerprint density at radius 2 is 2.00 bits per heavy atom. The molecule has 23 heavy (non-hydrogen) atoms. The van der Waals surface area contributed by atoms with Gasteiger partial charge in [-0.1, -0.05) is 0 Å². The molecule has 0 aliphatic carbocycles. The van der Waals surface area contributed by atoms with Crippen LogP contribution in [0.3, 0.4) is 0 Å². The van der Waals surface area contributed by atoms with Crippen molar-refractivity contribution in [1.29, 1.82) is 5.26 Å². The molecule has 2 rings (SSSR count). The minimum Gasteiger partial charge on any atom is -0.449 e. The van der Waals surface area contributed by atoms with E-state index in [1.165, 1.54) is 18.3 Å². The first-order valence-electron chi connectivity index (χ1n) is 6.68.